The van der Waals surface area contributed by atoms with Crippen LogP contribution in [0.3, 0.4) is 0 Å². The van der Waals surface area contributed by atoms with Crippen molar-refractivity contribution < 1.29 is 0 Å². The van der Waals surface area contributed by atoms with E-state index in [0.717, 1.165) is 12.1 Å². The van der Waals surface area contributed by atoms with E-state index in [4.69, 9.17) is 0 Å². The Morgan fingerprint density at radius 3 is 2.50 bits per heavy atom. The van der Waals surface area contributed by atoms with Crippen LogP contribution in [0.15, 0.2) is 0 Å². The lowest BCUT2D eigenvalue weighted by Gasteiger charge is -2.44. The summed E-state index contributed by atoms with van der Waals surface area (Å²) < 4.78 is 0. The Bertz CT molecular complexity index is 241. The summed E-state index contributed by atoms with van der Waals surface area (Å²) in [5, 5.41) is 3.69. The van der Waals surface area contributed by atoms with E-state index in [9.17, 15) is 0 Å². The van der Waals surface area contributed by atoms with Gasteiger partial charge in [-0.15, -0.1) is 0 Å². The minimum Gasteiger partial charge on any atom is -0.314 e. The molecule has 106 valence electrons. The van der Waals surface area contributed by atoms with Gasteiger partial charge < -0.3 is 5.32 Å². The van der Waals surface area contributed by atoms with Crippen LogP contribution >= 0.6 is 0 Å². The molecule has 18 heavy (non-hydrogen) atoms. The summed E-state index contributed by atoms with van der Waals surface area (Å²) in [5.74, 6) is 0. The first-order valence-electron chi connectivity index (χ1n) is 8.08. The zero-order valence-corrected chi connectivity index (χ0v) is 12.7. The molecule has 2 rings (SSSR count). The van der Waals surface area contributed by atoms with Crippen LogP contribution in [-0.2, 0) is 0 Å². The summed E-state index contributed by atoms with van der Waals surface area (Å²) in [6.07, 6.45) is 9.69. The van der Waals surface area contributed by atoms with Crippen molar-refractivity contribution in [3.8, 4) is 0 Å². The van der Waals surface area contributed by atoms with Crippen molar-refractivity contribution in [2.75, 3.05) is 19.6 Å². The average molecular weight is 252 g/mol. The lowest BCUT2D eigenvalue weighted by molar-refractivity contribution is 0.0571. The normalized spacial score (nSPS) is 33.5. The number of piperidine rings is 1. The average Bonchev–Trinajstić information content (AvgIpc) is 2.36. The van der Waals surface area contributed by atoms with Crippen molar-refractivity contribution in [1.82, 2.24) is 10.2 Å². The number of nitrogens with zero attached hydrogens (tertiary/aromatic N) is 1. The van der Waals surface area contributed by atoms with Gasteiger partial charge in [0.1, 0.15) is 0 Å². The van der Waals surface area contributed by atoms with Gasteiger partial charge in [-0.1, -0.05) is 20.8 Å². The first kappa shape index (κ1) is 14.3. The van der Waals surface area contributed by atoms with Crippen molar-refractivity contribution in [1.29, 1.82) is 0 Å². The van der Waals surface area contributed by atoms with Gasteiger partial charge >= 0.3 is 0 Å². The van der Waals surface area contributed by atoms with Crippen molar-refractivity contribution in [2.24, 2.45) is 5.41 Å². The summed E-state index contributed by atoms with van der Waals surface area (Å²) in [7, 11) is 0. The van der Waals surface area contributed by atoms with E-state index in [1.807, 2.05) is 0 Å². The molecule has 0 radical (unpaired) electrons. The van der Waals surface area contributed by atoms with E-state index in [-0.39, 0.29) is 0 Å². The minimum atomic E-state index is 0.551. The smallest absolute Gasteiger partial charge is 0.00966 e. The van der Waals surface area contributed by atoms with Crippen molar-refractivity contribution in [3.05, 3.63) is 0 Å². The summed E-state index contributed by atoms with van der Waals surface area (Å²) in [5.41, 5.74) is 0.551. The monoisotopic (exact) mass is 252 g/mol. The Hall–Kier alpha value is -0.0800. The van der Waals surface area contributed by atoms with E-state index in [1.54, 1.807) is 0 Å². The summed E-state index contributed by atoms with van der Waals surface area (Å²) >= 11 is 0. The third-order valence-corrected chi connectivity index (χ3v) is 4.83. The van der Waals surface area contributed by atoms with Gasteiger partial charge in [0.15, 0.2) is 0 Å². The molecule has 1 saturated heterocycles. The highest BCUT2D eigenvalue weighted by atomic mass is 15.2. The van der Waals surface area contributed by atoms with Crippen molar-refractivity contribution in [2.45, 2.75) is 77.8 Å². The topological polar surface area (TPSA) is 15.3 Å². The van der Waals surface area contributed by atoms with Crippen LogP contribution in [0.5, 0.6) is 0 Å². The molecule has 2 nitrogen and oxygen atoms in total. The highest BCUT2D eigenvalue weighted by Gasteiger charge is 2.32. The fraction of sp³-hybridized carbons (Fsp3) is 1.00. The Morgan fingerprint density at radius 1 is 1.17 bits per heavy atom. The molecular weight excluding hydrogens is 220 g/mol. The molecule has 0 amide bonds. The van der Waals surface area contributed by atoms with Crippen LogP contribution in [-0.4, -0.2) is 36.6 Å². The number of likely N-dealkylation sites (tertiary alicyclic amines) is 1. The molecule has 2 fully saturated rings. The van der Waals surface area contributed by atoms with Gasteiger partial charge in [-0.3, -0.25) is 4.90 Å². The molecular formula is C16H32N2. The molecule has 0 bridgehead atoms. The molecule has 0 atom stereocenters. The van der Waals surface area contributed by atoms with Crippen LogP contribution in [0.25, 0.3) is 0 Å². The first-order chi connectivity index (χ1) is 8.61. The summed E-state index contributed by atoms with van der Waals surface area (Å²) in [6.45, 7) is 11.0. The molecule has 0 aromatic carbocycles. The van der Waals surface area contributed by atoms with Crippen LogP contribution in [0.1, 0.15) is 65.7 Å². The molecule has 0 aromatic rings. The Labute approximate surface area is 114 Å². The molecule has 2 aliphatic rings. The maximum absolute atomic E-state index is 3.69. The predicted molar refractivity (Wildman–Crippen MR) is 78.9 cm³/mol. The third kappa shape index (κ3) is 3.96. The molecule has 0 unspecified atom stereocenters. The fourth-order valence-electron chi connectivity index (χ4n) is 3.77. The first-order valence-corrected chi connectivity index (χ1v) is 8.08. The van der Waals surface area contributed by atoms with Gasteiger partial charge in [0.25, 0.3) is 0 Å². The second-order valence-electron chi connectivity index (χ2n) is 7.20. The second-order valence-corrected chi connectivity index (χ2v) is 7.20. The van der Waals surface area contributed by atoms with Crippen LogP contribution < -0.4 is 5.32 Å². The Balaban J connectivity index is 1.75. The van der Waals surface area contributed by atoms with Crippen molar-refractivity contribution in [3.63, 3.8) is 0 Å². The number of rotatable bonds is 4. The SMILES string of the molecule is CCCNC1CCC(N2CCCC(C)(C)C2)CC1. The Morgan fingerprint density at radius 2 is 1.89 bits per heavy atom. The van der Waals surface area contributed by atoms with Crippen LogP contribution in [0.2, 0.25) is 0 Å². The van der Waals surface area contributed by atoms with E-state index in [0.29, 0.717) is 5.41 Å². The lowest BCUT2D eigenvalue weighted by atomic mass is 9.81. The third-order valence-electron chi connectivity index (χ3n) is 4.83. The number of nitrogens with one attached hydrogen (secondary N) is 1. The fourth-order valence-corrected chi connectivity index (χ4v) is 3.77. The standard InChI is InChI=1S/C16H32N2/c1-4-11-17-14-6-8-15(9-7-14)18-12-5-10-16(2,3)13-18/h14-15,17H,4-13H2,1-3H3. The number of hydrogen-bond acceptors (Lipinski definition) is 2. The molecule has 1 aliphatic heterocycles. The van der Waals surface area contributed by atoms with Crippen LogP contribution in [0.4, 0.5) is 0 Å². The van der Waals surface area contributed by atoms with E-state index < -0.39 is 0 Å². The maximum Gasteiger partial charge on any atom is 0.00966 e. The molecule has 1 heterocycles. The lowest BCUT2D eigenvalue weighted by Crippen LogP contribution is -2.48. The van der Waals surface area contributed by atoms with Crippen LogP contribution in [0, 0.1) is 5.41 Å². The minimum absolute atomic E-state index is 0.551. The molecule has 1 aliphatic carbocycles. The zero-order valence-electron chi connectivity index (χ0n) is 12.7. The highest BCUT2D eigenvalue weighted by Crippen LogP contribution is 2.33. The van der Waals surface area contributed by atoms with Gasteiger partial charge in [0, 0.05) is 18.6 Å². The number of hydrogen-bond donors (Lipinski definition) is 1. The van der Waals surface area contributed by atoms with Gasteiger partial charge in [-0.25, -0.2) is 0 Å². The van der Waals surface area contributed by atoms with E-state index in [1.165, 1.54) is 64.6 Å². The molecule has 2 heteroatoms. The molecule has 0 aromatic heterocycles. The van der Waals surface area contributed by atoms with Gasteiger partial charge in [-0.2, -0.15) is 0 Å². The largest absolute Gasteiger partial charge is 0.314 e. The molecule has 1 saturated carbocycles. The van der Waals surface area contributed by atoms with Gasteiger partial charge in [-0.05, 0) is 63.5 Å². The Kier molecular flexibility index (Phi) is 5.08. The second kappa shape index (κ2) is 6.38. The summed E-state index contributed by atoms with van der Waals surface area (Å²) in [4.78, 5) is 2.79. The van der Waals surface area contributed by atoms with Gasteiger partial charge in [0.2, 0.25) is 0 Å². The zero-order chi connectivity index (χ0) is 13.0. The predicted octanol–water partition coefficient (Wildman–Crippen LogP) is 3.42. The maximum atomic E-state index is 3.69. The van der Waals surface area contributed by atoms with Gasteiger partial charge in [0.05, 0.1) is 0 Å². The van der Waals surface area contributed by atoms with E-state index in [2.05, 4.69) is 31.0 Å². The van der Waals surface area contributed by atoms with Crippen molar-refractivity contribution >= 4 is 0 Å². The molecule has 1 N–H and O–H groups in total. The highest BCUT2D eigenvalue weighted by molar-refractivity contribution is 4.88. The van der Waals surface area contributed by atoms with E-state index >= 15 is 0 Å². The summed E-state index contributed by atoms with van der Waals surface area (Å²) in [6, 6.07) is 1.68. The molecule has 0 spiro atoms. The quantitative estimate of drug-likeness (QED) is 0.825.